The van der Waals surface area contributed by atoms with Crippen LogP contribution in [0.4, 0.5) is 0 Å². The second-order valence-corrected chi connectivity index (χ2v) is 14.2. The van der Waals surface area contributed by atoms with E-state index in [1.165, 1.54) is 99.1 Å². The lowest BCUT2D eigenvalue weighted by atomic mass is 9.96. The highest BCUT2D eigenvalue weighted by atomic mass is 15.0. The smallest absolute Gasteiger partial charge is 0.0547 e. The molecule has 0 aliphatic rings. The van der Waals surface area contributed by atoms with E-state index in [0.717, 1.165) is 0 Å². The molecule has 0 saturated carbocycles. The predicted octanol–water partition coefficient (Wildman–Crippen LogP) is 14.0. The summed E-state index contributed by atoms with van der Waals surface area (Å²) in [5, 5.41) is 7.53. The molecule has 2 heteroatoms. The molecule has 252 valence electrons. The minimum atomic E-state index is 1.17. The van der Waals surface area contributed by atoms with Crippen molar-refractivity contribution in [2.24, 2.45) is 0 Å². The molecule has 0 aliphatic carbocycles. The van der Waals surface area contributed by atoms with Crippen LogP contribution in [0.2, 0.25) is 0 Å². The molecule has 0 fully saturated rings. The van der Waals surface area contributed by atoms with Crippen molar-refractivity contribution in [1.82, 2.24) is 9.13 Å². The largest absolute Gasteiger partial charge is 0.309 e. The zero-order chi connectivity index (χ0) is 35.6. The van der Waals surface area contributed by atoms with Crippen molar-refractivity contribution in [2.45, 2.75) is 0 Å². The summed E-state index contributed by atoms with van der Waals surface area (Å²) >= 11 is 0. The second kappa shape index (κ2) is 12.2. The van der Waals surface area contributed by atoms with Gasteiger partial charge in [0.1, 0.15) is 0 Å². The maximum Gasteiger partial charge on any atom is 0.0547 e. The van der Waals surface area contributed by atoms with Crippen LogP contribution in [-0.2, 0) is 0 Å². The maximum atomic E-state index is 2.45. The average Bonchev–Trinajstić information content (AvgIpc) is 3.76. The molecule has 0 saturated heterocycles. The van der Waals surface area contributed by atoms with E-state index in [1.807, 2.05) is 0 Å². The Balaban J connectivity index is 1.06. The molecule has 0 amide bonds. The van der Waals surface area contributed by atoms with Gasteiger partial charge in [0.25, 0.3) is 0 Å². The summed E-state index contributed by atoms with van der Waals surface area (Å²) < 4.78 is 4.84. The van der Waals surface area contributed by atoms with Crippen LogP contribution in [0.3, 0.4) is 0 Å². The van der Waals surface area contributed by atoms with Gasteiger partial charge in [-0.25, -0.2) is 0 Å². The van der Waals surface area contributed by atoms with Crippen LogP contribution in [0.5, 0.6) is 0 Å². The van der Waals surface area contributed by atoms with Crippen LogP contribution in [0.1, 0.15) is 0 Å². The van der Waals surface area contributed by atoms with Crippen molar-refractivity contribution < 1.29 is 0 Å². The highest BCUT2D eigenvalue weighted by molar-refractivity contribution is 6.12. The van der Waals surface area contributed by atoms with Crippen LogP contribution in [0, 0.1) is 0 Å². The number of benzene rings is 9. The van der Waals surface area contributed by atoms with E-state index in [0.29, 0.717) is 0 Å². The van der Waals surface area contributed by atoms with Gasteiger partial charge < -0.3 is 9.13 Å². The molecule has 0 spiro atoms. The monoisotopic (exact) mass is 686 g/mol. The molecular formula is C52H34N2. The summed E-state index contributed by atoms with van der Waals surface area (Å²) in [6.07, 6.45) is 0. The Bertz CT molecular complexity index is 3220. The minimum absolute atomic E-state index is 1.17. The van der Waals surface area contributed by atoms with Crippen molar-refractivity contribution in [3.8, 4) is 44.8 Å². The molecule has 0 radical (unpaired) electrons. The topological polar surface area (TPSA) is 9.86 Å². The number of para-hydroxylation sites is 4. The van der Waals surface area contributed by atoms with Gasteiger partial charge >= 0.3 is 0 Å². The van der Waals surface area contributed by atoms with Crippen LogP contribution < -0.4 is 0 Å². The van der Waals surface area contributed by atoms with Crippen molar-refractivity contribution >= 4 is 54.4 Å². The molecule has 0 unspecified atom stereocenters. The Labute approximate surface area is 313 Å². The first-order chi connectivity index (χ1) is 26.8. The lowest BCUT2D eigenvalue weighted by molar-refractivity contribution is 1.18. The molecule has 0 aliphatic heterocycles. The third-order valence-electron chi connectivity index (χ3n) is 11.1. The molecule has 0 bridgehead atoms. The highest BCUT2D eigenvalue weighted by Crippen LogP contribution is 2.40. The van der Waals surface area contributed by atoms with Gasteiger partial charge in [-0.3, -0.25) is 0 Å². The average molecular weight is 687 g/mol. The fourth-order valence-corrected chi connectivity index (χ4v) is 8.57. The number of nitrogens with zero attached hydrogens (tertiary/aromatic N) is 2. The van der Waals surface area contributed by atoms with Gasteiger partial charge in [0.15, 0.2) is 0 Å². The van der Waals surface area contributed by atoms with Gasteiger partial charge in [0, 0.05) is 32.8 Å². The third-order valence-corrected chi connectivity index (χ3v) is 11.1. The summed E-state index contributed by atoms with van der Waals surface area (Å²) in [5.74, 6) is 0. The van der Waals surface area contributed by atoms with Crippen molar-refractivity contribution in [3.05, 3.63) is 206 Å². The minimum Gasteiger partial charge on any atom is -0.309 e. The summed E-state index contributed by atoms with van der Waals surface area (Å²) in [6, 6.07) is 75.2. The lowest BCUT2D eigenvalue weighted by Gasteiger charge is -2.15. The van der Waals surface area contributed by atoms with E-state index in [-0.39, 0.29) is 0 Å². The summed E-state index contributed by atoms with van der Waals surface area (Å²) in [7, 11) is 0. The first kappa shape index (κ1) is 30.5. The van der Waals surface area contributed by atoms with Gasteiger partial charge in [0.2, 0.25) is 0 Å². The fourth-order valence-electron chi connectivity index (χ4n) is 8.57. The lowest BCUT2D eigenvalue weighted by Crippen LogP contribution is -1.97. The second-order valence-electron chi connectivity index (χ2n) is 14.2. The number of hydrogen-bond acceptors (Lipinski definition) is 0. The van der Waals surface area contributed by atoms with Crippen LogP contribution >= 0.6 is 0 Å². The molecule has 11 rings (SSSR count). The molecule has 9 aromatic carbocycles. The van der Waals surface area contributed by atoms with E-state index in [4.69, 9.17) is 0 Å². The molecule has 0 N–H and O–H groups in total. The van der Waals surface area contributed by atoms with Crippen molar-refractivity contribution in [2.75, 3.05) is 0 Å². The quantitative estimate of drug-likeness (QED) is 0.171. The van der Waals surface area contributed by atoms with E-state index < -0.39 is 0 Å². The number of aromatic nitrogens is 2. The van der Waals surface area contributed by atoms with Gasteiger partial charge in [-0.05, 0) is 99.3 Å². The predicted molar refractivity (Wildman–Crippen MR) is 229 cm³/mol. The molecular weight excluding hydrogens is 653 g/mol. The maximum absolute atomic E-state index is 2.45. The Kier molecular flexibility index (Phi) is 6.90. The number of rotatable bonds is 5. The number of fused-ring (bicyclic) bond motifs is 7. The molecule has 2 nitrogen and oxygen atoms in total. The summed E-state index contributed by atoms with van der Waals surface area (Å²) in [5.41, 5.74) is 14.4. The van der Waals surface area contributed by atoms with Gasteiger partial charge in [-0.2, -0.15) is 0 Å². The Morgan fingerprint density at radius 1 is 0.259 bits per heavy atom. The summed E-state index contributed by atoms with van der Waals surface area (Å²) in [4.78, 5) is 0. The summed E-state index contributed by atoms with van der Waals surface area (Å²) in [6.45, 7) is 0. The van der Waals surface area contributed by atoms with Crippen LogP contribution in [0.15, 0.2) is 206 Å². The Morgan fingerprint density at radius 2 is 0.833 bits per heavy atom. The SMILES string of the molecule is c1ccc(-n2c3ccccc3c3ccc(-c4ccc5c(c4)c4ccccc4n5-c4ccccc4-c4cccc(-c5ccc6ccccc6c5)c4)cc32)cc1. The van der Waals surface area contributed by atoms with E-state index in [1.54, 1.807) is 0 Å². The van der Waals surface area contributed by atoms with E-state index in [2.05, 4.69) is 215 Å². The Hall–Kier alpha value is -7.16. The van der Waals surface area contributed by atoms with Crippen molar-refractivity contribution in [3.63, 3.8) is 0 Å². The highest BCUT2D eigenvalue weighted by Gasteiger charge is 2.18. The molecule has 54 heavy (non-hydrogen) atoms. The van der Waals surface area contributed by atoms with Gasteiger partial charge in [-0.15, -0.1) is 0 Å². The third kappa shape index (κ3) is 4.81. The first-order valence-corrected chi connectivity index (χ1v) is 18.6. The van der Waals surface area contributed by atoms with Crippen LogP contribution in [0.25, 0.3) is 99.1 Å². The molecule has 2 aromatic heterocycles. The fraction of sp³-hybridized carbons (Fsp3) is 0. The number of hydrogen-bond donors (Lipinski definition) is 0. The molecule has 0 atom stereocenters. The normalized spacial score (nSPS) is 11.7. The van der Waals surface area contributed by atoms with Gasteiger partial charge in [0.05, 0.1) is 27.8 Å². The zero-order valence-electron chi connectivity index (χ0n) is 29.5. The first-order valence-electron chi connectivity index (χ1n) is 18.6. The molecule has 2 heterocycles. The van der Waals surface area contributed by atoms with E-state index in [9.17, 15) is 0 Å². The Morgan fingerprint density at radius 3 is 1.70 bits per heavy atom. The molecule has 11 aromatic rings. The van der Waals surface area contributed by atoms with Gasteiger partial charge in [-0.1, -0.05) is 146 Å². The van der Waals surface area contributed by atoms with Crippen LogP contribution in [-0.4, -0.2) is 9.13 Å². The van der Waals surface area contributed by atoms with Crippen molar-refractivity contribution in [1.29, 1.82) is 0 Å². The standard InChI is InChI=1S/C52H34N2/c1-2-17-42(18-3-1)53-49-23-10-7-20-44(49)46-29-27-40(34-52(46)53)39-28-30-51-47(33-39)45-21-8-11-24-50(45)54(51)48-22-9-6-19-43(48)41-16-12-15-37(32-41)38-26-25-35-13-4-5-14-36(35)31-38/h1-34H. The van der Waals surface area contributed by atoms with E-state index >= 15 is 0 Å². The zero-order valence-corrected chi connectivity index (χ0v) is 29.5.